The third-order valence-electron chi connectivity index (χ3n) is 3.98. The zero-order chi connectivity index (χ0) is 14.7. The molecule has 4 unspecified atom stereocenters. The van der Waals surface area contributed by atoms with Crippen molar-refractivity contribution >= 4 is 17.8 Å². The molecule has 1 fully saturated rings. The van der Waals surface area contributed by atoms with Crippen molar-refractivity contribution in [3.63, 3.8) is 0 Å². The zero-order valence-corrected chi connectivity index (χ0v) is 11.4. The van der Waals surface area contributed by atoms with Crippen LogP contribution in [0.1, 0.15) is 19.8 Å². The Bertz CT molecular complexity index is 445. The molecule has 2 aliphatic rings. The van der Waals surface area contributed by atoms with Crippen LogP contribution in [0.25, 0.3) is 0 Å². The number of allylic oxidation sites excluding steroid dienone is 2. The highest BCUT2D eigenvalue weighted by atomic mass is 16.5. The van der Waals surface area contributed by atoms with Crippen molar-refractivity contribution in [2.24, 2.45) is 23.7 Å². The first-order chi connectivity index (χ1) is 9.54. The summed E-state index contributed by atoms with van der Waals surface area (Å²) >= 11 is 0. The summed E-state index contributed by atoms with van der Waals surface area (Å²) in [5.74, 6) is -2.78. The van der Waals surface area contributed by atoms with Crippen LogP contribution in [0.5, 0.6) is 0 Å². The second-order valence-corrected chi connectivity index (χ2v) is 5.18. The van der Waals surface area contributed by atoms with E-state index in [0.717, 1.165) is 6.42 Å². The van der Waals surface area contributed by atoms with Gasteiger partial charge >= 0.3 is 11.9 Å². The predicted molar refractivity (Wildman–Crippen MR) is 69.6 cm³/mol. The summed E-state index contributed by atoms with van der Waals surface area (Å²) in [6, 6.07) is 0. The van der Waals surface area contributed by atoms with Gasteiger partial charge < -0.3 is 15.2 Å². The van der Waals surface area contributed by atoms with Crippen LogP contribution < -0.4 is 5.32 Å². The van der Waals surface area contributed by atoms with E-state index in [-0.39, 0.29) is 36.7 Å². The molecule has 0 aromatic rings. The number of aliphatic carboxylic acids is 1. The quantitative estimate of drug-likeness (QED) is 0.549. The van der Waals surface area contributed by atoms with Crippen LogP contribution >= 0.6 is 0 Å². The van der Waals surface area contributed by atoms with Crippen molar-refractivity contribution in [1.29, 1.82) is 0 Å². The predicted octanol–water partition coefficient (Wildman–Crippen LogP) is 0.579. The van der Waals surface area contributed by atoms with Gasteiger partial charge in [0, 0.05) is 6.54 Å². The summed E-state index contributed by atoms with van der Waals surface area (Å²) in [5.41, 5.74) is 0. The maximum Gasteiger partial charge on any atom is 0.307 e. The normalized spacial score (nSPS) is 30.2. The van der Waals surface area contributed by atoms with Gasteiger partial charge in [-0.3, -0.25) is 14.4 Å². The molecule has 0 aliphatic heterocycles. The Labute approximate surface area is 117 Å². The monoisotopic (exact) mass is 281 g/mol. The summed E-state index contributed by atoms with van der Waals surface area (Å²) in [4.78, 5) is 34.6. The number of carbonyl (C=O) groups is 3. The Morgan fingerprint density at radius 1 is 1.25 bits per heavy atom. The van der Waals surface area contributed by atoms with Crippen molar-refractivity contribution in [3.8, 4) is 0 Å². The number of amides is 1. The number of carbonyl (C=O) groups excluding carboxylic acids is 2. The fraction of sp³-hybridized carbons (Fsp3) is 0.643. The first-order valence-corrected chi connectivity index (χ1v) is 6.89. The Kier molecular flexibility index (Phi) is 4.42. The van der Waals surface area contributed by atoms with Gasteiger partial charge in [0.25, 0.3) is 0 Å². The minimum Gasteiger partial charge on any atom is -0.481 e. The van der Waals surface area contributed by atoms with E-state index in [1.807, 2.05) is 12.2 Å². The number of carboxylic acid groups (broad SMARTS) is 1. The molecule has 4 atom stereocenters. The van der Waals surface area contributed by atoms with Crippen LogP contribution in [-0.2, 0) is 19.1 Å². The van der Waals surface area contributed by atoms with Crippen molar-refractivity contribution in [2.45, 2.75) is 19.8 Å². The average molecular weight is 281 g/mol. The summed E-state index contributed by atoms with van der Waals surface area (Å²) in [5, 5.41) is 11.9. The van der Waals surface area contributed by atoms with Crippen LogP contribution in [0.3, 0.4) is 0 Å². The molecule has 110 valence electrons. The van der Waals surface area contributed by atoms with Crippen molar-refractivity contribution in [1.82, 2.24) is 5.32 Å². The molecule has 0 aromatic heterocycles. The number of esters is 1. The molecule has 0 radical (unpaired) electrons. The van der Waals surface area contributed by atoms with Gasteiger partial charge in [-0.2, -0.15) is 0 Å². The van der Waals surface area contributed by atoms with Crippen molar-refractivity contribution in [3.05, 3.63) is 12.2 Å². The van der Waals surface area contributed by atoms with Gasteiger partial charge in [-0.1, -0.05) is 12.2 Å². The Balaban J connectivity index is 1.87. The number of fused-ring (bicyclic) bond motifs is 2. The SMILES string of the molecule is CCOC(=O)CCNC(=O)C1C2C=CC(C2)C1C(=O)O. The maximum atomic E-state index is 12.1. The summed E-state index contributed by atoms with van der Waals surface area (Å²) in [6.45, 7) is 2.21. The molecule has 1 amide bonds. The van der Waals surface area contributed by atoms with Gasteiger partial charge in [0.15, 0.2) is 0 Å². The van der Waals surface area contributed by atoms with Gasteiger partial charge in [-0.05, 0) is 25.2 Å². The summed E-state index contributed by atoms with van der Waals surface area (Å²) in [6.07, 6.45) is 4.66. The minimum absolute atomic E-state index is 0.00342. The second kappa shape index (κ2) is 6.07. The molecule has 1 saturated carbocycles. The van der Waals surface area contributed by atoms with Crippen LogP contribution in [0.15, 0.2) is 12.2 Å². The molecule has 2 bridgehead atoms. The lowest BCUT2D eigenvalue weighted by atomic mass is 9.82. The smallest absolute Gasteiger partial charge is 0.307 e. The van der Waals surface area contributed by atoms with E-state index in [1.54, 1.807) is 6.92 Å². The fourth-order valence-electron chi connectivity index (χ4n) is 3.16. The van der Waals surface area contributed by atoms with Crippen molar-refractivity contribution < 1.29 is 24.2 Å². The number of ether oxygens (including phenoxy) is 1. The molecular weight excluding hydrogens is 262 g/mol. The number of rotatable bonds is 6. The number of hydrogen-bond donors (Lipinski definition) is 2. The first-order valence-electron chi connectivity index (χ1n) is 6.89. The van der Waals surface area contributed by atoms with Gasteiger partial charge in [0.2, 0.25) is 5.91 Å². The molecule has 0 spiro atoms. The molecule has 0 heterocycles. The molecule has 2 rings (SSSR count). The molecule has 0 aromatic carbocycles. The van der Waals surface area contributed by atoms with E-state index in [1.165, 1.54) is 0 Å². The van der Waals surface area contributed by atoms with Crippen LogP contribution in [0.2, 0.25) is 0 Å². The fourth-order valence-corrected chi connectivity index (χ4v) is 3.16. The van der Waals surface area contributed by atoms with Crippen molar-refractivity contribution in [2.75, 3.05) is 13.2 Å². The zero-order valence-electron chi connectivity index (χ0n) is 11.4. The third kappa shape index (κ3) is 2.84. The van der Waals surface area contributed by atoms with Gasteiger partial charge in [-0.25, -0.2) is 0 Å². The maximum absolute atomic E-state index is 12.1. The van der Waals surface area contributed by atoms with Crippen LogP contribution in [0.4, 0.5) is 0 Å². The lowest BCUT2D eigenvalue weighted by molar-refractivity contribution is -0.148. The molecule has 6 heteroatoms. The van der Waals surface area contributed by atoms with E-state index in [2.05, 4.69) is 5.32 Å². The average Bonchev–Trinajstić information content (AvgIpc) is 2.98. The van der Waals surface area contributed by atoms with Crippen LogP contribution in [0, 0.1) is 23.7 Å². The largest absolute Gasteiger partial charge is 0.481 e. The summed E-state index contributed by atoms with van der Waals surface area (Å²) in [7, 11) is 0. The highest BCUT2D eigenvalue weighted by molar-refractivity contribution is 5.87. The lowest BCUT2D eigenvalue weighted by Gasteiger charge is -2.23. The minimum atomic E-state index is -0.924. The molecule has 0 saturated heterocycles. The second-order valence-electron chi connectivity index (χ2n) is 5.18. The van der Waals surface area contributed by atoms with E-state index >= 15 is 0 Å². The molecule has 2 aliphatic carbocycles. The van der Waals surface area contributed by atoms with Gasteiger partial charge in [-0.15, -0.1) is 0 Å². The molecule has 2 N–H and O–H groups in total. The Morgan fingerprint density at radius 2 is 1.90 bits per heavy atom. The van der Waals surface area contributed by atoms with E-state index in [9.17, 15) is 19.5 Å². The topological polar surface area (TPSA) is 92.7 Å². The lowest BCUT2D eigenvalue weighted by Crippen LogP contribution is -2.40. The van der Waals surface area contributed by atoms with E-state index in [0.29, 0.717) is 6.61 Å². The Morgan fingerprint density at radius 3 is 2.50 bits per heavy atom. The molecule has 20 heavy (non-hydrogen) atoms. The molecule has 6 nitrogen and oxygen atoms in total. The van der Waals surface area contributed by atoms with Crippen LogP contribution in [-0.4, -0.2) is 36.1 Å². The number of carboxylic acids is 1. The standard InChI is InChI=1S/C14H19NO5/c1-2-20-10(16)5-6-15-13(17)11-8-3-4-9(7-8)12(11)14(18)19/h3-4,8-9,11-12H,2,5-7H2,1H3,(H,15,17)(H,18,19). The third-order valence-corrected chi connectivity index (χ3v) is 3.98. The number of nitrogens with one attached hydrogen (secondary N) is 1. The summed E-state index contributed by atoms with van der Waals surface area (Å²) < 4.78 is 4.76. The number of hydrogen-bond acceptors (Lipinski definition) is 4. The van der Waals surface area contributed by atoms with E-state index in [4.69, 9.17) is 4.74 Å². The van der Waals surface area contributed by atoms with Gasteiger partial charge in [0.05, 0.1) is 24.9 Å². The van der Waals surface area contributed by atoms with E-state index < -0.39 is 17.8 Å². The molecular formula is C14H19NO5. The first kappa shape index (κ1) is 14.6. The highest BCUT2D eigenvalue weighted by Gasteiger charge is 2.51. The highest BCUT2D eigenvalue weighted by Crippen LogP contribution is 2.48. The Hall–Kier alpha value is -1.85. The van der Waals surface area contributed by atoms with Gasteiger partial charge in [0.1, 0.15) is 0 Å².